The number of cyclic esters (lactones) is 1. The zero-order chi connectivity index (χ0) is 22.8. The molecule has 0 radical (unpaired) electrons. The minimum absolute atomic E-state index is 0.0174. The Morgan fingerprint density at radius 2 is 1.78 bits per heavy atom. The summed E-state index contributed by atoms with van der Waals surface area (Å²) in [4.78, 5) is 26.4. The summed E-state index contributed by atoms with van der Waals surface area (Å²) in [6.45, 7) is 2.11. The minimum Gasteiger partial charge on any atom is -0.442 e. The first-order valence-electron chi connectivity index (χ1n) is 9.83. The summed E-state index contributed by atoms with van der Waals surface area (Å²) in [5.41, 5.74) is -0.859. The van der Waals surface area contributed by atoms with Crippen LogP contribution < -0.4 is 21.0 Å². The number of fused-ring (bicyclic) bond motifs is 1. The number of hydrogen-bond acceptors (Lipinski definition) is 5. The van der Waals surface area contributed by atoms with Crippen LogP contribution in [0.15, 0.2) is 59.4 Å². The number of thiocarbonyl (C=S) groups is 1. The van der Waals surface area contributed by atoms with Gasteiger partial charge in [-0.1, -0.05) is 42.5 Å². The van der Waals surface area contributed by atoms with Gasteiger partial charge in [0.05, 0.1) is 29.5 Å². The molecule has 0 spiro atoms. The number of nitrogens with one attached hydrogen (secondary N) is 2. The van der Waals surface area contributed by atoms with E-state index >= 15 is 0 Å². The second-order valence-electron chi connectivity index (χ2n) is 7.35. The van der Waals surface area contributed by atoms with Crippen molar-refractivity contribution in [2.45, 2.75) is 13.0 Å². The number of nitrogens with zero attached hydrogens (tertiary/aromatic N) is 1. The lowest BCUT2D eigenvalue weighted by molar-refractivity contribution is 0.143. The number of rotatable bonds is 5. The van der Waals surface area contributed by atoms with Gasteiger partial charge in [-0.3, -0.25) is 9.69 Å². The highest BCUT2D eigenvalue weighted by Gasteiger charge is 2.33. The normalized spacial score (nSPS) is 15.5. The Kier molecular flexibility index (Phi) is 6.00. The van der Waals surface area contributed by atoms with Gasteiger partial charge in [-0.05, 0) is 29.8 Å². The first-order chi connectivity index (χ1) is 15.3. The van der Waals surface area contributed by atoms with Crippen LogP contribution in [0.4, 0.5) is 30.6 Å². The van der Waals surface area contributed by atoms with Gasteiger partial charge in [0, 0.05) is 12.1 Å². The maximum absolute atomic E-state index is 14.8. The Morgan fingerprint density at radius 3 is 2.47 bits per heavy atom. The van der Waals surface area contributed by atoms with Crippen molar-refractivity contribution in [1.82, 2.24) is 5.32 Å². The van der Waals surface area contributed by atoms with E-state index in [4.69, 9.17) is 17.0 Å². The number of amides is 1. The zero-order valence-corrected chi connectivity index (χ0v) is 17.8. The topological polar surface area (TPSA) is 70.7 Å². The average molecular weight is 455 g/mol. The summed E-state index contributed by atoms with van der Waals surface area (Å²) in [5.74, 6) is -1.89. The smallest absolute Gasteiger partial charge is 0.414 e. The molecule has 6 nitrogen and oxygen atoms in total. The third-order valence-corrected chi connectivity index (χ3v) is 5.17. The quantitative estimate of drug-likeness (QED) is 0.553. The van der Waals surface area contributed by atoms with Crippen LogP contribution in [0.3, 0.4) is 0 Å². The van der Waals surface area contributed by atoms with Crippen LogP contribution in [-0.2, 0) is 4.74 Å². The van der Waals surface area contributed by atoms with Gasteiger partial charge < -0.3 is 15.4 Å². The molecule has 0 aliphatic carbocycles. The van der Waals surface area contributed by atoms with Gasteiger partial charge in [0.15, 0.2) is 11.6 Å². The Balaban J connectivity index is 1.60. The van der Waals surface area contributed by atoms with E-state index in [0.29, 0.717) is 16.9 Å². The minimum atomic E-state index is -0.945. The lowest BCUT2D eigenvalue weighted by Crippen LogP contribution is -2.32. The number of carbonyl (C=O) groups is 1. The second-order valence-corrected chi connectivity index (χ2v) is 7.96. The van der Waals surface area contributed by atoms with Crippen LogP contribution >= 0.6 is 12.2 Å². The van der Waals surface area contributed by atoms with E-state index in [1.54, 1.807) is 25.1 Å². The van der Waals surface area contributed by atoms with Crippen LogP contribution in [0.2, 0.25) is 0 Å². The maximum Gasteiger partial charge on any atom is 0.414 e. The number of hydrogen-bond donors (Lipinski definition) is 2. The molecule has 0 bridgehead atoms. The molecule has 0 saturated carbocycles. The monoisotopic (exact) mass is 455 g/mol. The van der Waals surface area contributed by atoms with Crippen LogP contribution in [-0.4, -0.2) is 30.3 Å². The molecule has 9 heteroatoms. The van der Waals surface area contributed by atoms with E-state index in [-0.39, 0.29) is 17.9 Å². The van der Waals surface area contributed by atoms with Gasteiger partial charge in [-0.2, -0.15) is 0 Å². The lowest BCUT2D eigenvalue weighted by atomic mass is 10.2. The predicted octanol–water partition coefficient (Wildman–Crippen LogP) is 4.48. The van der Waals surface area contributed by atoms with E-state index in [0.717, 1.165) is 22.4 Å². The molecule has 1 heterocycles. The van der Waals surface area contributed by atoms with Crippen molar-refractivity contribution in [2.75, 3.05) is 23.3 Å². The summed E-state index contributed by atoms with van der Waals surface area (Å²) in [5, 5.41) is 6.98. The number of ether oxygens (including phenoxy) is 1. The highest BCUT2D eigenvalue weighted by atomic mass is 32.1. The van der Waals surface area contributed by atoms with Crippen LogP contribution in [0.25, 0.3) is 10.8 Å². The van der Waals surface area contributed by atoms with E-state index in [2.05, 4.69) is 10.6 Å². The van der Waals surface area contributed by atoms with Crippen molar-refractivity contribution in [3.63, 3.8) is 0 Å². The number of halogens is 2. The highest BCUT2D eigenvalue weighted by Crippen LogP contribution is 2.30. The van der Waals surface area contributed by atoms with Crippen molar-refractivity contribution < 1.29 is 18.3 Å². The van der Waals surface area contributed by atoms with Gasteiger partial charge in [0.2, 0.25) is 5.43 Å². The molecule has 32 heavy (non-hydrogen) atoms. The Labute approximate surface area is 187 Å². The molecule has 1 atom stereocenters. The molecule has 0 aromatic heterocycles. The second kappa shape index (κ2) is 8.88. The number of anilines is 3. The summed E-state index contributed by atoms with van der Waals surface area (Å²) in [7, 11) is 0. The Bertz CT molecular complexity index is 1260. The lowest BCUT2D eigenvalue weighted by Gasteiger charge is -2.16. The van der Waals surface area contributed by atoms with Crippen molar-refractivity contribution >= 4 is 51.1 Å². The third-order valence-electron chi connectivity index (χ3n) is 5.03. The van der Waals surface area contributed by atoms with Gasteiger partial charge >= 0.3 is 6.09 Å². The van der Waals surface area contributed by atoms with E-state index < -0.39 is 34.9 Å². The van der Waals surface area contributed by atoms with Gasteiger partial charge in [-0.15, -0.1) is 0 Å². The molecule has 3 aromatic carbocycles. The standard InChI is InChI=1S/C23H19F2N3O3S/c1-13(32)26-11-17-12-28(23(30)31-17)16-9-18(24)22(19(25)10-16)27-20-7-6-14-4-2-3-5-15(14)8-21(20)29/h2-10,17H,11-12H2,1H3,(H,26,32)(H,27,29). The highest BCUT2D eigenvalue weighted by molar-refractivity contribution is 7.80. The fraction of sp³-hybridized carbons (Fsp3) is 0.174. The van der Waals surface area contributed by atoms with Gasteiger partial charge in [-0.25, -0.2) is 13.6 Å². The molecular formula is C23H19F2N3O3S. The molecule has 1 saturated heterocycles. The number of benzene rings is 2. The average Bonchev–Trinajstić information content (AvgIpc) is 3.04. The summed E-state index contributed by atoms with van der Waals surface area (Å²) < 4.78 is 34.9. The molecule has 3 aromatic rings. The van der Waals surface area contributed by atoms with Crippen LogP contribution in [0.5, 0.6) is 0 Å². The largest absolute Gasteiger partial charge is 0.442 e. The molecule has 1 fully saturated rings. The molecule has 1 amide bonds. The van der Waals surface area contributed by atoms with Crippen molar-refractivity contribution in [2.24, 2.45) is 0 Å². The van der Waals surface area contributed by atoms with Crippen molar-refractivity contribution in [1.29, 1.82) is 0 Å². The first kappa shape index (κ1) is 21.6. The van der Waals surface area contributed by atoms with E-state index in [1.807, 2.05) is 12.1 Å². The van der Waals surface area contributed by atoms with E-state index in [9.17, 15) is 18.4 Å². The van der Waals surface area contributed by atoms with Gasteiger partial charge in [0.1, 0.15) is 11.8 Å². The Morgan fingerprint density at radius 1 is 1.09 bits per heavy atom. The van der Waals surface area contributed by atoms with E-state index in [1.165, 1.54) is 12.1 Å². The SMILES string of the molecule is CC(=S)NCC1CN(c2cc(F)c(Nc3ccc4ccccc4cc3=O)c(F)c2)C(=O)O1. The molecule has 1 aliphatic heterocycles. The van der Waals surface area contributed by atoms with Crippen LogP contribution in [0.1, 0.15) is 6.92 Å². The summed E-state index contributed by atoms with van der Waals surface area (Å²) in [6, 6.07) is 13.9. The number of carbonyl (C=O) groups excluding carboxylic acids is 1. The van der Waals surface area contributed by atoms with Crippen molar-refractivity contribution in [3.05, 3.63) is 76.5 Å². The Hall–Kier alpha value is -3.59. The molecule has 1 aliphatic rings. The predicted molar refractivity (Wildman–Crippen MR) is 124 cm³/mol. The molecule has 164 valence electrons. The fourth-order valence-corrected chi connectivity index (χ4v) is 3.52. The summed E-state index contributed by atoms with van der Waals surface area (Å²) in [6.07, 6.45) is -1.22. The third kappa shape index (κ3) is 4.52. The van der Waals surface area contributed by atoms with Gasteiger partial charge in [0.25, 0.3) is 0 Å². The first-order valence-corrected chi connectivity index (χ1v) is 10.2. The molecule has 2 N–H and O–H groups in total. The molecule has 4 rings (SSSR count). The maximum atomic E-state index is 14.8. The fourth-order valence-electron chi connectivity index (χ4n) is 3.44. The molecular weight excluding hydrogens is 436 g/mol. The van der Waals surface area contributed by atoms with Crippen LogP contribution in [0, 0.1) is 11.6 Å². The summed E-state index contributed by atoms with van der Waals surface area (Å²) >= 11 is 4.93. The zero-order valence-electron chi connectivity index (χ0n) is 17.0. The van der Waals surface area contributed by atoms with Crippen molar-refractivity contribution in [3.8, 4) is 0 Å². The molecule has 1 unspecified atom stereocenters.